The lowest BCUT2D eigenvalue weighted by Gasteiger charge is -2.51. The van der Waals surface area contributed by atoms with Crippen LogP contribution in [0.2, 0.25) is 0 Å². The van der Waals surface area contributed by atoms with Crippen LogP contribution in [-0.4, -0.2) is 39.6 Å². The number of imidazole rings is 1. The van der Waals surface area contributed by atoms with Gasteiger partial charge in [0, 0.05) is 47.3 Å². The molecule has 1 saturated carbocycles. The largest absolute Gasteiger partial charge is 0.384 e. The van der Waals surface area contributed by atoms with Crippen molar-refractivity contribution < 1.29 is 14.3 Å². The van der Waals surface area contributed by atoms with E-state index in [1.54, 1.807) is 31.1 Å². The van der Waals surface area contributed by atoms with Gasteiger partial charge in [0.1, 0.15) is 5.82 Å². The van der Waals surface area contributed by atoms with Gasteiger partial charge < -0.3 is 14.6 Å². The van der Waals surface area contributed by atoms with Gasteiger partial charge in [-0.1, -0.05) is 12.5 Å². The Morgan fingerprint density at radius 1 is 1.29 bits per heavy atom. The fourth-order valence-electron chi connectivity index (χ4n) is 5.92. The molecule has 7 heteroatoms. The summed E-state index contributed by atoms with van der Waals surface area (Å²) in [6.07, 6.45) is 7.39. The first-order valence-corrected chi connectivity index (χ1v) is 12.9. The van der Waals surface area contributed by atoms with E-state index in [-0.39, 0.29) is 23.1 Å². The Kier molecular flexibility index (Phi) is 5.96. The highest BCUT2D eigenvalue weighted by atomic mass is 32.1. The van der Waals surface area contributed by atoms with E-state index in [0.717, 1.165) is 52.5 Å². The van der Waals surface area contributed by atoms with Crippen LogP contribution in [0.4, 0.5) is 4.39 Å². The number of halogens is 1. The lowest BCUT2D eigenvalue weighted by molar-refractivity contribution is -0.127. The Hall–Kier alpha value is -2.77. The number of allylic oxidation sites excluding steroid dienone is 1. The zero-order valence-electron chi connectivity index (χ0n) is 20.7. The Bertz CT molecular complexity index is 1290. The maximum atomic E-state index is 13.5. The predicted molar refractivity (Wildman–Crippen MR) is 137 cm³/mol. The van der Waals surface area contributed by atoms with Gasteiger partial charge in [0.25, 0.3) is 0 Å². The quantitative estimate of drug-likeness (QED) is 0.511. The van der Waals surface area contributed by atoms with E-state index < -0.39 is 5.60 Å². The molecule has 3 heterocycles. The van der Waals surface area contributed by atoms with E-state index in [9.17, 15) is 14.3 Å². The topological polar surface area (TPSA) is 58.4 Å². The van der Waals surface area contributed by atoms with Crippen LogP contribution in [0, 0.1) is 17.2 Å². The van der Waals surface area contributed by atoms with Crippen molar-refractivity contribution in [3.63, 3.8) is 0 Å². The van der Waals surface area contributed by atoms with Gasteiger partial charge in [-0.25, -0.2) is 9.37 Å². The van der Waals surface area contributed by atoms with Crippen LogP contribution in [0.5, 0.6) is 0 Å². The summed E-state index contributed by atoms with van der Waals surface area (Å²) in [5.74, 6) is -0.173. The molecule has 1 amide bonds. The highest BCUT2D eigenvalue weighted by Gasteiger charge is 2.51. The number of nitrogens with zero attached hydrogens (tertiary/aromatic N) is 3. The molecule has 0 unspecified atom stereocenters. The lowest BCUT2D eigenvalue weighted by Crippen LogP contribution is -2.48. The molecule has 1 aliphatic carbocycles. The molecule has 3 atom stereocenters. The molecule has 1 N–H and O–H groups in total. The van der Waals surface area contributed by atoms with Gasteiger partial charge in [-0.3, -0.25) is 4.79 Å². The zero-order valence-corrected chi connectivity index (χ0v) is 21.5. The number of fused-ring (bicyclic) bond motifs is 2. The highest BCUT2D eigenvalue weighted by Crippen LogP contribution is 2.56. The van der Waals surface area contributed by atoms with Crippen LogP contribution in [-0.2, 0) is 23.4 Å². The fourth-order valence-corrected chi connectivity index (χ4v) is 7.02. The minimum absolute atomic E-state index is 0.0240. The Morgan fingerprint density at radius 2 is 2.03 bits per heavy atom. The van der Waals surface area contributed by atoms with Gasteiger partial charge in [0.15, 0.2) is 0 Å². The molecule has 0 spiro atoms. The lowest BCUT2D eigenvalue weighted by atomic mass is 9.58. The third kappa shape index (κ3) is 4.15. The first-order chi connectivity index (χ1) is 16.6. The van der Waals surface area contributed by atoms with Crippen molar-refractivity contribution in [1.29, 1.82) is 0 Å². The van der Waals surface area contributed by atoms with Crippen molar-refractivity contribution in [1.82, 2.24) is 14.5 Å². The van der Waals surface area contributed by atoms with Gasteiger partial charge in [0.2, 0.25) is 5.91 Å². The molecule has 1 aliphatic heterocycles. The minimum atomic E-state index is -1.02. The second-order valence-corrected chi connectivity index (χ2v) is 11.7. The first kappa shape index (κ1) is 23.9. The van der Waals surface area contributed by atoms with Crippen LogP contribution >= 0.6 is 11.3 Å². The second kappa shape index (κ2) is 8.71. The van der Waals surface area contributed by atoms with Crippen molar-refractivity contribution in [2.24, 2.45) is 11.3 Å². The summed E-state index contributed by atoms with van der Waals surface area (Å²) in [6.45, 7) is 4.94. The van der Waals surface area contributed by atoms with Crippen LogP contribution < -0.4 is 0 Å². The number of aliphatic hydroxyl groups is 1. The summed E-state index contributed by atoms with van der Waals surface area (Å²) in [7, 11) is 3.53. The van der Waals surface area contributed by atoms with Gasteiger partial charge >= 0.3 is 0 Å². The van der Waals surface area contributed by atoms with Crippen molar-refractivity contribution in [3.8, 4) is 11.3 Å². The summed E-state index contributed by atoms with van der Waals surface area (Å²) in [6, 6.07) is 10.4. The number of thiophene rings is 1. The number of rotatable bonds is 5. The molecule has 35 heavy (non-hydrogen) atoms. The molecular weight excluding hydrogens is 461 g/mol. The monoisotopic (exact) mass is 493 g/mol. The van der Waals surface area contributed by atoms with E-state index in [0.29, 0.717) is 6.42 Å². The molecule has 2 aliphatic rings. The second-order valence-electron chi connectivity index (χ2n) is 10.5. The third-order valence-electron chi connectivity index (χ3n) is 7.91. The zero-order chi connectivity index (χ0) is 25.0. The number of hydrogen-bond acceptors (Lipinski definition) is 4. The maximum absolute atomic E-state index is 13.5. The normalized spacial score (nSPS) is 23.1. The average Bonchev–Trinajstić information content (AvgIpc) is 3.44. The van der Waals surface area contributed by atoms with Crippen LogP contribution in [0.3, 0.4) is 0 Å². The van der Waals surface area contributed by atoms with Gasteiger partial charge in [0.05, 0.1) is 29.7 Å². The molecule has 184 valence electrons. The van der Waals surface area contributed by atoms with E-state index in [1.165, 1.54) is 29.0 Å². The summed E-state index contributed by atoms with van der Waals surface area (Å²) in [5.41, 5.74) is 2.91. The van der Waals surface area contributed by atoms with Crippen molar-refractivity contribution in [2.75, 3.05) is 14.1 Å². The minimum Gasteiger partial charge on any atom is -0.384 e. The number of aromatic nitrogens is 2. The Balaban J connectivity index is 1.46. The molecule has 0 bridgehead atoms. The maximum Gasteiger partial charge on any atom is 0.227 e. The molecule has 0 radical (unpaired) electrons. The van der Waals surface area contributed by atoms with Crippen LogP contribution in [0.1, 0.15) is 48.6 Å². The van der Waals surface area contributed by atoms with Gasteiger partial charge in [-0.05, 0) is 68.7 Å². The molecule has 1 fully saturated rings. The molecular formula is C28H32FN3O2S. The summed E-state index contributed by atoms with van der Waals surface area (Å²) in [5, 5.41) is 12.0. The third-order valence-corrected chi connectivity index (χ3v) is 9.22. The molecule has 2 aromatic heterocycles. The molecule has 5 rings (SSSR count). The predicted octanol–water partition coefficient (Wildman–Crippen LogP) is 5.49. The number of carbonyl (C=O) groups excluding carboxylic acids is 1. The van der Waals surface area contributed by atoms with E-state index in [1.807, 2.05) is 25.4 Å². The molecule has 5 nitrogen and oxygen atoms in total. The molecule has 3 aromatic rings. The Morgan fingerprint density at radius 3 is 2.74 bits per heavy atom. The summed E-state index contributed by atoms with van der Waals surface area (Å²) in [4.78, 5) is 20.3. The number of carbonyl (C=O) groups is 1. The average molecular weight is 494 g/mol. The van der Waals surface area contributed by atoms with Crippen molar-refractivity contribution in [3.05, 3.63) is 69.6 Å². The fraction of sp³-hybridized carbons (Fsp3) is 0.429. The highest BCUT2D eigenvalue weighted by molar-refractivity contribution is 7.12. The van der Waals surface area contributed by atoms with E-state index in [2.05, 4.69) is 22.6 Å². The number of hydrogen-bond donors (Lipinski definition) is 1. The van der Waals surface area contributed by atoms with E-state index in [4.69, 9.17) is 0 Å². The summed E-state index contributed by atoms with van der Waals surface area (Å²) < 4.78 is 15.6. The molecule has 0 saturated heterocycles. The smallest absolute Gasteiger partial charge is 0.227 e. The van der Waals surface area contributed by atoms with Gasteiger partial charge in [-0.2, -0.15) is 0 Å². The number of amides is 1. The van der Waals surface area contributed by atoms with Gasteiger partial charge in [-0.15, -0.1) is 11.3 Å². The van der Waals surface area contributed by atoms with Crippen molar-refractivity contribution in [2.45, 2.75) is 51.7 Å². The summed E-state index contributed by atoms with van der Waals surface area (Å²) >= 11 is 1.54. The standard InChI is InChI=1S/C28H32FN3O2S/c1-27-16-32-17-30-26(18-8-10-20(29)11-9-18)22(32)14-19(27)6-5-7-23(27)28(2,34)24-13-12-21(35-24)15-25(33)31(3)4/h8-14,17,23,34H,5-7,15-16H2,1-4H3/t23-,27-,28-/m0/s1. The first-order valence-electron chi connectivity index (χ1n) is 12.1. The number of benzene rings is 1. The SMILES string of the molecule is CN(C)C(=O)Cc1ccc([C@@](C)(O)[C@H]2CCCC3=Cc4c(-c5ccc(F)cc5)ncn4C[C@@]32C)s1. The Labute approximate surface area is 209 Å². The van der Waals surface area contributed by atoms with E-state index >= 15 is 0 Å². The van der Waals surface area contributed by atoms with Crippen LogP contribution in [0.25, 0.3) is 17.3 Å². The number of likely N-dealkylation sites (N-methyl/N-ethyl adjacent to an activating group) is 1. The molecule has 1 aromatic carbocycles. The van der Waals surface area contributed by atoms with Crippen molar-refractivity contribution >= 4 is 23.3 Å². The van der Waals surface area contributed by atoms with Crippen LogP contribution in [0.15, 0.2) is 48.3 Å².